The van der Waals surface area contributed by atoms with Gasteiger partial charge in [-0.2, -0.15) is 5.10 Å². The van der Waals surface area contributed by atoms with Crippen molar-refractivity contribution in [1.82, 2.24) is 15.5 Å². The predicted molar refractivity (Wildman–Crippen MR) is 82.8 cm³/mol. The van der Waals surface area contributed by atoms with E-state index in [-0.39, 0.29) is 0 Å². The third-order valence-corrected chi connectivity index (χ3v) is 3.65. The molecule has 0 radical (unpaired) electrons. The number of anilines is 1. The number of rotatable bonds is 2. The fraction of sp³-hybridized carbons (Fsp3) is 0.0909. The number of hydrogen-bond donors (Lipinski definition) is 2. The van der Waals surface area contributed by atoms with Crippen LogP contribution in [-0.2, 0) is 4.79 Å². The van der Waals surface area contributed by atoms with Crippen LogP contribution in [0, 0.1) is 0 Å². The molecule has 0 unspecified atom stereocenters. The van der Waals surface area contributed by atoms with Gasteiger partial charge in [0.2, 0.25) is 0 Å². The van der Waals surface area contributed by atoms with E-state index < -0.39 is 15.7 Å². The summed E-state index contributed by atoms with van der Waals surface area (Å²) in [6.07, 6.45) is 1.54. The summed E-state index contributed by atoms with van der Waals surface area (Å²) in [6, 6.07) is 4.32. The van der Waals surface area contributed by atoms with Crippen LogP contribution < -0.4 is 10.6 Å². The van der Waals surface area contributed by atoms with E-state index in [4.69, 9.17) is 34.8 Å². The first-order chi connectivity index (χ1) is 9.88. The molecule has 0 saturated heterocycles. The first kappa shape index (κ1) is 16.0. The highest BCUT2D eigenvalue weighted by Crippen LogP contribution is 2.32. The molecule has 2 rings (SSSR count). The van der Waals surface area contributed by atoms with E-state index in [9.17, 15) is 9.59 Å². The number of alkyl halides is 3. The van der Waals surface area contributed by atoms with Crippen molar-refractivity contribution in [2.75, 3.05) is 5.32 Å². The topological polar surface area (TPSA) is 84.0 Å². The molecular weight excluding hydrogens is 359 g/mol. The lowest BCUT2D eigenvalue weighted by Gasteiger charge is -2.11. The highest BCUT2D eigenvalue weighted by molar-refractivity contribution is 7.14. The highest BCUT2D eigenvalue weighted by Gasteiger charge is 2.32. The molecule has 0 aliphatic carbocycles. The SMILES string of the molecule is O=C(NC(=O)C(Cl)(Cl)Cl)Nc1ccsc1-c1cccnn1. The molecule has 0 aromatic carbocycles. The summed E-state index contributed by atoms with van der Waals surface area (Å²) >= 11 is 17.4. The summed E-state index contributed by atoms with van der Waals surface area (Å²) in [5.41, 5.74) is 1.06. The van der Waals surface area contributed by atoms with Crippen molar-refractivity contribution in [2.45, 2.75) is 3.79 Å². The lowest BCUT2D eigenvalue weighted by atomic mass is 10.3. The summed E-state index contributed by atoms with van der Waals surface area (Å²) in [5.74, 6) is -1.04. The maximum Gasteiger partial charge on any atom is 0.326 e. The molecule has 0 aliphatic heterocycles. The number of thiophene rings is 1. The van der Waals surface area contributed by atoms with Crippen LogP contribution in [0.3, 0.4) is 0 Å². The third-order valence-electron chi connectivity index (χ3n) is 2.20. The second-order valence-electron chi connectivity index (χ2n) is 3.68. The summed E-state index contributed by atoms with van der Waals surface area (Å²) < 4.78 is -2.21. The minimum atomic E-state index is -2.21. The minimum Gasteiger partial charge on any atom is -0.306 e. The molecule has 0 bridgehead atoms. The molecule has 0 atom stereocenters. The zero-order valence-electron chi connectivity index (χ0n) is 10.1. The van der Waals surface area contributed by atoms with Crippen LogP contribution in [0.1, 0.15) is 0 Å². The molecule has 2 N–H and O–H groups in total. The summed E-state index contributed by atoms with van der Waals surface area (Å²) in [5, 5.41) is 13.9. The standard InChI is InChI=1S/C11H7Cl3N4O2S/c12-11(13,14)9(19)17-10(20)16-6-3-5-21-8(6)7-2-1-4-15-18-7/h1-5H,(H2,16,17,19,20). The molecule has 0 fully saturated rings. The normalized spacial score (nSPS) is 11.0. The number of carbonyl (C=O) groups is 2. The Morgan fingerprint density at radius 2 is 2.00 bits per heavy atom. The fourth-order valence-corrected chi connectivity index (χ4v) is 2.31. The fourth-order valence-electron chi connectivity index (χ4n) is 1.36. The monoisotopic (exact) mass is 364 g/mol. The van der Waals surface area contributed by atoms with Gasteiger partial charge >= 0.3 is 6.03 Å². The van der Waals surface area contributed by atoms with Crippen LogP contribution in [0.25, 0.3) is 10.6 Å². The molecule has 2 aromatic rings. The molecular formula is C11H7Cl3N4O2S. The second kappa shape index (κ2) is 6.57. The van der Waals surface area contributed by atoms with E-state index in [0.717, 1.165) is 0 Å². The molecule has 3 amide bonds. The Morgan fingerprint density at radius 3 is 2.62 bits per heavy atom. The molecule has 0 spiro atoms. The minimum absolute atomic E-state index is 0.468. The van der Waals surface area contributed by atoms with E-state index in [1.807, 2.05) is 5.32 Å². The molecule has 110 valence electrons. The Labute approximate surface area is 138 Å². The smallest absolute Gasteiger partial charge is 0.306 e. The Balaban J connectivity index is 2.10. The highest BCUT2D eigenvalue weighted by atomic mass is 35.6. The summed E-state index contributed by atoms with van der Waals surface area (Å²) in [6.45, 7) is 0. The summed E-state index contributed by atoms with van der Waals surface area (Å²) in [4.78, 5) is 23.8. The van der Waals surface area contributed by atoms with Gasteiger partial charge in [0, 0.05) is 6.20 Å². The number of carbonyl (C=O) groups excluding carboxylic acids is 2. The van der Waals surface area contributed by atoms with Crippen LogP contribution >= 0.6 is 46.1 Å². The van der Waals surface area contributed by atoms with E-state index in [1.54, 1.807) is 23.6 Å². The van der Waals surface area contributed by atoms with Crippen LogP contribution in [-0.4, -0.2) is 25.9 Å². The number of hydrogen-bond acceptors (Lipinski definition) is 5. The predicted octanol–water partition coefficient (Wildman–Crippen LogP) is 3.22. The van der Waals surface area contributed by atoms with E-state index >= 15 is 0 Å². The van der Waals surface area contributed by atoms with Gasteiger partial charge in [-0.1, -0.05) is 34.8 Å². The average Bonchev–Trinajstić information content (AvgIpc) is 2.86. The van der Waals surface area contributed by atoms with Crippen molar-refractivity contribution in [3.63, 3.8) is 0 Å². The average molecular weight is 366 g/mol. The molecule has 0 aliphatic rings. The summed E-state index contributed by atoms with van der Waals surface area (Å²) in [7, 11) is 0. The van der Waals surface area contributed by atoms with Crippen molar-refractivity contribution in [1.29, 1.82) is 0 Å². The van der Waals surface area contributed by atoms with Crippen molar-refractivity contribution in [2.24, 2.45) is 0 Å². The van der Waals surface area contributed by atoms with Crippen LogP contribution in [0.15, 0.2) is 29.8 Å². The molecule has 0 saturated carbocycles. The third kappa shape index (κ3) is 4.28. The molecule has 6 nitrogen and oxygen atoms in total. The van der Waals surface area contributed by atoms with Gasteiger partial charge in [-0.05, 0) is 23.6 Å². The van der Waals surface area contributed by atoms with Gasteiger partial charge in [-0.25, -0.2) is 4.79 Å². The maximum atomic E-state index is 11.7. The largest absolute Gasteiger partial charge is 0.326 e. The lowest BCUT2D eigenvalue weighted by Crippen LogP contribution is -2.41. The number of imide groups is 1. The van der Waals surface area contributed by atoms with Crippen molar-refractivity contribution in [3.8, 4) is 10.6 Å². The zero-order chi connectivity index (χ0) is 15.5. The Morgan fingerprint density at radius 1 is 1.24 bits per heavy atom. The van der Waals surface area contributed by atoms with Crippen LogP contribution in [0.2, 0.25) is 0 Å². The lowest BCUT2D eigenvalue weighted by molar-refractivity contribution is -0.119. The Hall–Kier alpha value is -1.41. The van der Waals surface area contributed by atoms with Crippen molar-refractivity contribution >= 4 is 63.8 Å². The van der Waals surface area contributed by atoms with Crippen molar-refractivity contribution in [3.05, 3.63) is 29.8 Å². The van der Waals surface area contributed by atoms with E-state index in [1.165, 1.54) is 17.5 Å². The number of aromatic nitrogens is 2. The van der Waals surface area contributed by atoms with Crippen LogP contribution in [0.4, 0.5) is 10.5 Å². The van der Waals surface area contributed by atoms with Gasteiger partial charge in [-0.15, -0.1) is 16.4 Å². The zero-order valence-corrected chi connectivity index (χ0v) is 13.2. The van der Waals surface area contributed by atoms with Gasteiger partial charge < -0.3 is 5.32 Å². The van der Waals surface area contributed by atoms with Gasteiger partial charge in [-0.3, -0.25) is 10.1 Å². The number of halogens is 3. The number of nitrogens with one attached hydrogen (secondary N) is 2. The van der Waals surface area contributed by atoms with Gasteiger partial charge in [0.25, 0.3) is 9.70 Å². The maximum absolute atomic E-state index is 11.7. The van der Waals surface area contributed by atoms with Crippen molar-refractivity contribution < 1.29 is 9.59 Å². The van der Waals surface area contributed by atoms with E-state index in [0.29, 0.717) is 16.3 Å². The number of urea groups is 1. The van der Waals surface area contributed by atoms with Gasteiger partial charge in [0.05, 0.1) is 10.6 Å². The first-order valence-corrected chi connectivity index (χ1v) is 7.44. The quantitative estimate of drug-likeness (QED) is 0.800. The molecule has 10 heteroatoms. The van der Waals surface area contributed by atoms with Crippen LogP contribution in [0.5, 0.6) is 0 Å². The molecule has 2 heterocycles. The first-order valence-electron chi connectivity index (χ1n) is 5.42. The van der Waals surface area contributed by atoms with Gasteiger partial charge in [0.15, 0.2) is 0 Å². The van der Waals surface area contributed by atoms with E-state index in [2.05, 4.69) is 15.5 Å². The number of amides is 3. The molecule has 21 heavy (non-hydrogen) atoms. The Bertz CT molecular complexity index is 657. The molecule has 2 aromatic heterocycles. The Kier molecular flexibility index (Phi) is 5.00. The number of nitrogens with zero attached hydrogens (tertiary/aromatic N) is 2. The second-order valence-corrected chi connectivity index (χ2v) is 6.88. The van der Waals surface area contributed by atoms with Gasteiger partial charge in [0.1, 0.15) is 5.69 Å².